The van der Waals surface area contributed by atoms with Crippen molar-refractivity contribution >= 4 is 11.6 Å². The molecule has 1 aromatic heterocycles. The molecule has 3 rings (SSSR count). The number of carbonyl (C=O) groups excluding carboxylic acids is 1. The number of carbonyl (C=O) groups is 1. The molecule has 0 atom stereocenters. The number of benzene rings is 2. The molecule has 2 aromatic carbocycles. The first-order chi connectivity index (χ1) is 12.3. The van der Waals surface area contributed by atoms with Crippen molar-refractivity contribution in [2.45, 2.75) is 13.3 Å². The van der Waals surface area contributed by atoms with Crippen LogP contribution in [0.1, 0.15) is 29.3 Å². The molecule has 3 aromatic rings. The van der Waals surface area contributed by atoms with E-state index >= 15 is 0 Å². The largest absolute Gasteiger partial charge is 0.271 e. The second kappa shape index (κ2) is 8.02. The molecule has 0 radical (unpaired) electrons. The average molecular weight is 329 g/mol. The van der Waals surface area contributed by atoms with Gasteiger partial charge in [0.05, 0.1) is 5.71 Å². The molecule has 0 saturated heterocycles. The van der Waals surface area contributed by atoms with Gasteiger partial charge in [0.2, 0.25) is 0 Å². The lowest BCUT2D eigenvalue weighted by atomic mass is 10.0. The van der Waals surface area contributed by atoms with Gasteiger partial charge < -0.3 is 0 Å². The SMILES string of the molecule is CC/C(=N\NC(=O)c1ccncc1)c1ccc(-c2ccccc2)cc1. The molecule has 0 bridgehead atoms. The van der Waals surface area contributed by atoms with Gasteiger partial charge in [0.15, 0.2) is 0 Å². The van der Waals surface area contributed by atoms with E-state index < -0.39 is 0 Å². The molecule has 1 heterocycles. The van der Waals surface area contributed by atoms with Gasteiger partial charge in [0.1, 0.15) is 0 Å². The van der Waals surface area contributed by atoms with E-state index in [9.17, 15) is 4.79 Å². The van der Waals surface area contributed by atoms with Gasteiger partial charge in [-0.15, -0.1) is 0 Å². The van der Waals surface area contributed by atoms with Crippen molar-refractivity contribution in [1.82, 2.24) is 10.4 Å². The first-order valence-corrected chi connectivity index (χ1v) is 8.20. The van der Waals surface area contributed by atoms with Crippen molar-refractivity contribution in [2.75, 3.05) is 0 Å². The molecule has 0 aliphatic rings. The van der Waals surface area contributed by atoms with Crippen molar-refractivity contribution < 1.29 is 4.79 Å². The zero-order chi connectivity index (χ0) is 17.5. The number of nitrogens with zero attached hydrogens (tertiary/aromatic N) is 2. The third kappa shape index (κ3) is 4.18. The Balaban J connectivity index is 1.75. The lowest BCUT2D eigenvalue weighted by molar-refractivity contribution is 0.0954. The zero-order valence-electron chi connectivity index (χ0n) is 14.0. The first-order valence-electron chi connectivity index (χ1n) is 8.20. The molecule has 0 aliphatic carbocycles. The highest BCUT2D eigenvalue weighted by atomic mass is 16.2. The summed E-state index contributed by atoms with van der Waals surface area (Å²) < 4.78 is 0. The van der Waals surface area contributed by atoms with Gasteiger partial charge in [-0.3, -0.25) is 9.78 Å². The van der Waals surface area contributed by atoms with Crippen LogP contribution in [0, 0.1) is 0 Å². The Morgan fingerprint density at radius 3 is 2.16 bits per heavy atom. The van der Waals surface area contributed by atoms with Gasteiger partial charge in [0.25, 0.3) is 5.91 Å². The van der Waals surface area contributed by atoms with E-state index in [1.807, 2.05) is 37.3 Å². The van der Waals surface area contributed by atoms with Gasteiger partial charge in [-0.1, -0.05) is 61.5 Å². The van der Waals surface area contributed by atoms with Crippen LogP contribution in [0.5, 0.6) is 0 Å². The Kier molecular flexibility index (Phi) is 5.32. The zero-order valence-corrected chi connectivity index (χ0v) is 14.0. The number of amides is 1. The minimum absolute atomic E-state index is 0.241. The summed E-state index contributed by atoms with van der Waals surface area (Å²) in [5.74, 6) is -0.241. The maximum atomic E-state index is 12.1. The van der Waals surface area contributed by atoms with E-state index in [2.05, 4.69) is 39.8 Å². The average Bonchev–Trinajstić information content (AvgIpc) is 2.70. The quantitative estimate of drug-likeness (QED) is 0.561. The van der Waals surface area contributed by atoms with Crippen LogP contribution in [0.15, 0.2) is 84.2 Å². The first kappa shape index (κ1) is 16.6. The molecule has 4 heteroatoms. The molecule has 0 spiro atoms. The van der Waals surface area contributed by atoms with E-state index in [1.165, 1.54) is 5.56 Å². The number of pyridine rings is 1. The van der Waals surface area contributed by atoms with Crippen molar-refractivity contribution in [1.29, 1.82) is 0 Å². The lowest BCUT2D eigenvalue weighted by Gasteiger charge is -2.07. The maximum absolute atomic E-state index is 12.1. The topological polar surface area (TPSA) is 54.4 Å². The highest BCUT2D eigenvalue weighted by Crippen LogP contribution is 2.19. The van der Waals surface area contributed by atoms with Crippen molar-refractivity contribution in [2.24, 2.45) is 5.10 Å². The standard InChI is InChI=1S/C21H19N3O/c1-2-20(23-24-21(25)19-12-14-22-15-13-19)18-10-8-17(9-11-18)16-6-4-3-5-7-16/h3-15H,2H2,1H3,(H,24,25)/b23-20+. The highest BCUT2D eigenvalue weighted by Gasteiger charge is 2.06. The fraction of sp³-hybridized carbons (Fsp3) is 0.0952. The third-order valence-corrected chi connectivity index (χ3v) is 3.90. The molecule has 25 heavy (non-hydrogen) atoms. The normalized spacial score (nSPS) is 11.2. The number of hydrogen-bond donors (Lipinski definition) is 1. The van der Waals surface area contributed by atoms with E-state index in [1.54, 1.807) is 24.5 Å². The van der Waals surface area contributed by atoms with Crippen LogP contribution in [0.3, 0.4) is 0 Å². The van der Waals surface area contributed by atoms with Gasteiger partial charge in [-0.25, -0.2) is 5.43 Å². The molecule has 124 valence electrons. The summed E-state index contributed by atoms with van der Waals surface area (Å²) >= 11 is 0. The van der Waals surface area contributed by atoms with Gasteiger partial charge in [0, 0.05) is 18.0 Å². The summed E-state index contributed by atoms with van der Waals surface area (Å²) in [5, 5.41) is 4.29. The van der Waals surface area contributed by atoms with E-state index in [-0.39, 0.29) is 5.91 Å². The van der Waals surface area contributed by atoms with E-state index in [4.69, 9.17) is 0 Å². The van der Waals surface area contributed by atoms with Crippen LogP contribution in [-0.2, 0) is 0 Å². The minimum atomic E-state index is -0.241. The highest BCUT2D eigenvalue weighted by molar-refractivity contribution is 6.02. The molecule has 1 N–H and O–H groups in total. The van der Waals surface area contributed by atoms with Crippen LogP contribution < -0.4 is 5.43 Å². The summed E-state index contributed by atoms with van der Waals surface area (Å²) in [4.78, 5) is 16.0. The number of aromatic nitrogens is 1. The molecule has 4 nitrogen and oxygen atoms in total. The third-order valence-electron chi connectivity index (χ3n) is 3.90. The van der Waals surface area contributed by atoms with Crippen LogP contribution in [0.25, 0.3) is 11.1 Å². The van der Waals surface area contributed by atoms with Gasteiger partial charge >= 0.3 is 0 Å². The number of hydrogen-bond acceptors (Lipinski definition) is 3. The Hall–Kier alpha value is -3.27. The molecular formula is C21H19N3O. The fourth-order valence-corrected chi connectivity index (χ4v) is 2.52. The van der Waals surface area contributed by atoms with Crippen molar-refractivity contribution in [3.8, 4) is 11.1 Å². The van der Waals surface area contributed by atoms with Gasteiger partial charge in [-0.2, -0.15) is 5.10 Å². The smallest absolute Gasteiger partial charge is 0.267 e. The lowest BCUT2D eigenvalue weighted by Crippen LogP contribution is -2.20. The molecular weight excluding hydrogens is 310 g/mol. The molecule has 0 unspecified atom stereocenters. The minimum Gasteiger partial charge on any atom is -0.267 e. The molecule has 0 fully saturated rings. The number of hydrazone groups is 1. The Bertz CT molecular complexity index is 857. The Morgan fingerprint density at radius 2 is 1.52 bits per heavy atom. The predicted molar refractivity (Wildman–Crippen MR) is 100 cm³/mol. The summed E-state index contributed by atoms with van der Waals surface area (Å²) in [6, 6.07) is 21.7. The number of rotatable bonds is 5. The summed E-state index contributed by atoms with van der Waals surface area (Å²) in [5.41, 5.74) is 7.31. The predicted octanol–water partition coefficient (Wildman–Crippen LogP) is 4.29. The summed E-state index contributed by atoms with van der Waals surface area (Å²) in [6.45, 7) is 2.02. The number of nitrogens with one attached hydrogen (secondary N) is 1. The summed E-state index contributed by atoms with van der Waals surface area (Å²) in [6.07, 6.45) is 3.89. The van der Waals surface area contributed by atoms with Crippen molar-refractivity contribution in [3.63, 3.8) is 0 Å². The van der Waals surface area contributed by atoms with Crippen LogP contribution in [0.4, 0.5) is 0 Å². The fourth-order valence-electron chi connectivity index (χ4n) is 2.52. The van der Waals surface area contributed by atoms with Crippen LogP contribution in [0.2, 0.25) is 0 Å². The van der Waals surface area contributed by atoms with Crippen LogP contribution >= 0.6 is 0 Å². The summed E-state index contributed by atoms with van der Waals surface area (Å²) in [7, 11) is 0. The van der Waals surface area contributed by atoms with E-state index in [0.717, 1.165) is 23.3 Å². The Morgan fingerprint density at radius 1 is 0.880 bits per heavy atom. The second-order valence-electron chi connectivity index (χ2n) is 5.53. The van der Waals surface area contributed by atoms with Crippen LogP contribution in [-0.4, -0.2) is 16.6 Å². The van der Waals surface area contributed by atoms with Crippen molar-refractivity contribution in [3.05, 3.63) is 90.3 Å². The second-order valence-corrected chi connectivity index (χ2v) is 5.53. The van der Waals surface area contributed by atoms with E-state index in [0.29, 0.717) is 5.56 Å². The van der Waals surface area contributed by atoms with Gasteiger partial charge in [-0.05, 0) is 35.2 Å². The Labute approximate surface area is 147 Å². The molecule has 1 amide bonds. The maximum Gasteiger partial charge on any atom is 0.271 e. The molecule has 0 aliphatic heterocycles. The monoisotopic (exact) mass is 329 g/mol. The molecule has 0 saturated carbocycles.